The van der Waals surface area contributed by atoms with Crippen LogP contribution in [0.4, 0.5) is 0 Å². The lowest BCUT2D eigenvalue weighted by Gasteiger charge is -2.38. The van der Waals surface area contributed by atoms with E-state index in [4.69, 9.17) is 5.73 Å². The van der Waals surface area contributed by atoms with Crippen LogP contribution in [0.25, 0.3) is 0 Å². The van der Waals surface area contributed by atoms with E-state index in [9.17, 15) is 5.11 Å². The maximum Gasteiger partial charge on any atom is 0.0969 e. The fourth-order valence-electron chi connectivity index (χ4n) is 2.88. The van der Waals surface area contributed by atoms with Crippen molar-refractivity contribution in [2.45, 2.75) is 63.5 Å². The first kappa shape index (κ1) is 13.6. The second-order valence-electron chi connectivity index (χ2n) is 6.02. The predicted molar refractivity (Wildman–Crippen MR) is 75.5 cm³/mol. The van der Waals surface area contributed by atoms with Crippen LogP contribution in [-0.2, 0) is 0 Å². The molecule has 1 aliphatic carbocycles. The summed E-state index contributed by atoms with van der Waals surface area (Å²) in [4.78, 5) is 0. The van der Waals surface area contributed by atoms with Gasteiger partial charge in [-0.1, -0.05) is 57.4 Å². The summed E-state index contributed by atoms with van der Waals surface area (Å²) in [6.45, 7) is 4.36. The number of benzene rings is 1. The van der Waals surface area contributed by atoms with E-state index in [2.05, 4.69) is 26.0 Å². The molecule has 0 bridgehead atoms. The third kappa shape index (κ3) is 2.76. The fourth-order valence-corrected chi connectivity index (χ4v) is 2.88. The van der Waals surface area contributed by atoms with Gasteiger partial charge in [-0.15, -0.1) is 0 Å². The Morgan fingerprint density at radius 2 is 1.50 bits per heavy atom. The van der Waals surface area contributed by atoms with Gasteiger partial charge in [-0.25, -0.2) is 0 Å². The Hall–Kier alpha value is -0.860. The van der Waals surface area contributed by atoms with Crippen LogP contribution >= 0.6 is 0 Å². The number of aliphatic hydroxyl groups excluding tert-OH is 1. The van der Waals surface area contributed by atoms with Crippen molar-refractivity contribution in [3.8, 4) is 0 Å². The van der Waals surface area contributed by atoms with E-state index in [0.717, 1.165) is 31.2 Å². The molecule has 18 heavy (non-hydrogen) atoms. The molecule has 1 saturated carbocycles. The van der Waals surface area contributed by atoms with E-state index in [1.807, 2.05) is 12.1 Å². The summed E-state index contributed by atoms with van der Waals surface area (Å²) in [5.74, 6) is 0.526. The molecule has 1 fully saturated rings. The molecule has 0 radical (unpaired) electrons. The highest BCUT2D eigenvalue weighted by Gasteiger charge is 2.35. The van der Waals surface area contributed by atoms with Gasteiger partial charge in [0.05, 0.1) is 6.10 Å². The molecule has 0 aromatic heterocycles. The summed E-state index contributed by atoms with van der Waals surface area (Å²) < 4.78 is 0. The first-order valence-electron chi connectivity index (χ1n) is 7.10. The van der Waals surface area contributed by atoms with Gasteiger partial charge >= 0.3 is 0 Å². The van der Waals surface area contributed by atoms with Gasteiger partial charge in [0.25, 0.3) is 0 Å². The van der Waals surface area contributed by atoms with E-state index >= 15 is 0 Å². The second kappa shape index (κ2) is 5.41. The third-order valence-corrected chi connectivity index (χ3v) is 4.25. The molecule has 1 aromatic carbocycles. The molecule has 1 atom stereocenters. The average Bonchev–Trinajstić information content (AvgIpc) is 2.39. The van der Waals surface area contributed by atoms with Crippen molar-refractivity contribution in [3.63, 3.8) is 0 Å². The van der Waals surface area contributed by atoms with Crippen molar-refractivity contribution in [2.24, 2.45) is 5.73 Å². The quantitative estimate of drug-likeness (QED) is 0.858. The molecule has 100 valence electrons. The average molecular weight is 247 g/mol. The Bertz CT molecular complexity index is 377. The molecule has 3 N–H and O–H groups in total. The van der Waals surface area contributed by atoms with Crippen LogP contribution in [0.2, 0.25) is 0 Å². The van der Waals surface area contributed by atoms with Gasteiger partial charge in [-0.2, -0.15) is 0 Å². The van der Waals surface area contributed by atoms with Crippen LogP contribution in [0.5, 0.6) is 0 Å². The lowest BCUT2D eigenvalue weighted by atomic mass is 9.76. The van der Waals surface area contributed by atoms with Gasteiger partial charge in [0, 0.05) is 5.54 Å². The Kier molecular flexibility index (Phi) is 4.08. The first-order valence-corrected chi connectivity index (χ1v) is 7.10. The van der Waals surface area contributed by atoms with E-state index in [1.165, 1.54) is 12.0 Å². The topological polar surface area (TPSA) is 46.2 Å². The van der Waals surface area contributed by atoms with Gasteiger partial charge in [0.15, 0.2) is 0 Å². The zero-order valence-corrected chi connectivity index (χ0v) is 11.5. The maximum atomic E-state index is 10.5. The zero-order chi connectivity index (χ0) is 13.2. The van der Waals surface area contributed by atoms with Gasteiger partial charge in [0.2, 0.25) is 0 Å². The van der Waals surface area contributed by atoms with Crippen LogP contribution in [-0.4, -0.2) is 10.6 Å². The lowest BCUT2D eigenvalue weighted by molar-refractivity contribution is 0.0587. The monoisotopic (exact) mass is 247 g/mol. The van der Waals surface area contributed by atoms with Crippen LogP contribution in [0.1, 0.15) is 69.1 Å². The molecule has 0 saturated heterocycles. The van der Waals surface area contributed by atoms with E-state index in [1.54, 1.807) is 0 Å². The molecule has 2 nitrogen and oxygen atoms in total. The number of aliphatic hydroxyl groups is 1. The highest BCUT2D eigenvalue weighted by atomic mass is 16.3. The number of hydrogen-bond acceptors (Lipinski definition) is 2. The zero-order valence-electron chi connectivity index (χ0n) is 11.5. The van der Waals surface area contributed by atoms with Crippen LogP contribution < -0.4 is 5.73 Å². The van der Waals surface area contributed by atoms with Crippen molar-refractivity contribution >= 4 is 0 Å². The fraction of sp³-hybridized carbons (Fsp3) is 0.625. The smallest absolute Gasteiger partial charge is 0.0969 e. The van der Waals surface area contributed by atoms with Crippen molar-refractivity contribution in [3.05, 3.63) is 35.4 Å². The van der Waals surface area contributed by atoms with Crippen molar-refractivity contribution in [1.29, 1.82) is 0 Å². The van der Waals surface area contributed by atoms with Crippen LogP contribution in [0.3, 0.4) is 0 Å². The Morgan fingerprint density at radius 1 is 1.00 bits per heavy atom. The van der Waals surface area contributed by atoms with Gasteiger partial charge in [0.1, 0.15) is 0 Å². The summed E-state index contributed by atoms with van der Waals surface area (Å²) in [5, 5.41) is 10.5. The molecule has 1 aromatic rings. The normalized spacial score (nSPS) is 20.9. The standard InChI is InChI=1S/C16H25NO/c1-12(2)13-6-8-14(9-7-13)15(18)16(17)10-4-3-5-11-16/h6-9,12,15,18H,3-5,10-11,17H2,1-2H3. The van der Waals surface area contributed by atoms with Crippen LogP contribution in [0.15, 0.2) is 24.3 Å². The summed E-state index contributed by atoms with van der Waals surface area (Å²) in [7, 11) is 0. The number of rotatable bonds is 3. The Labute approximate surface area is 110 Å². The SMILES string of the molecule is CC(C)c1ccc(C(O)C2(N)CCCCC2)cc1. The molecule has 0 amide bonds. The van der Waals surface area contributed by atoms with Gasteiger partial charge < -0.3 is 10.8 Å². The summed E-state index contributed by atoms with van der Waals surface area (Å²) in [5.41, 5.74) is 8.23. The predicted octanol–water partition coefficient (Wildman–Crippen LogP) is 3.51. The molecule has 1 aliphatic rings. The minimum Gasteiger partial charge on any atom is -0.386 e. The van der Waals surface area contributed by atoms with Gasteiger partial charge in [-0.3, -0.25) is 0 Å². The summed E-state index contributed by atoms with van der Waals surface area (Å²) in [6, 6.07) is 8.28. The maximum absolute atomic E-state index is 10.5. The lowest BCUT2D eigenvalue weighted by Crippen LogP contribution is -2.47. The number of nitrogens with two attached hydrogens (primary N) is 1. The highest BCUT2D eigenvalue weighted by molar-refractivity contribution is 5.28. The minimum absolute atomic E-state index is 0.419. The van der Waals surface area contributed by atoms with E-state index < -0.39 is 11.6 Å². The molecular formula is C16H25NO. The summed E-state index contributed by atoms with van der Waals surface area (Å²) >= 11 is 0. The third-order valence-electron chi connectivity index (χ3n) is 4.25. The molecule has 0 heterocycles. The Morgan fingerprint density at radius 3 is 2.00 bits per heavy atom. The van der Waals surface area contributed by atoms with Gasteiger partial charge in [-0.05, 0) is 29.9 Å². The van der Waals surface area contributed by atoms with Crippen molar-refractivity contribution < 1.29 is 5.11 Å². The minimum atomic E-state index is -0.529. The molecule has 2 rings (SSSR count). The van der Waals surface area contributed by atoms with Crippen LogP contribution in [0, 0.1) is 0 Å². The molecule has 1 unspecified atom stereocenters. The Balaban J connectivity index is 2.15. The summed E-state index contributed by atoms with van der Waals surface area (Å²) in [6.07, 6.45) is 4.85. The first-order chi connectivity index (χ1) is 8.53. The van der Waals surface area contributed by atoms with E-state index in [-0.39, 0.29) is 0 Å². The molecule has 2 heteroatoms. The molecule has 0 spiro atoms. The highest BCUT2D eigenvalue weighted by Crippen LogP contribution is 2.36. The number of hydrogen-bond donors (Lipinski definition) is 2. The molecule has 0 aliphatic heterocycles. The molecular weight excluding hydrogens is 222 g/mol. The largest absolute Gasteiger partial charge is 0.386 e. The van der Waals surface area contributed by atoms with E-state index in [0.29, 0.717) is 5.92 Å². The van der Waals surface area contributed by atoms with Crippen molar-refractivity contribution in [2.75, 3.05) is 0 Å². The second-order valence-corrected chi connectivity index (χ2v) is 6.02. The van der Waals surface area contributed by atoms with Crippen molar-refractivity contribution in [1.82, 2.24) is 0 Å².